The van der Waals surface area contributed by atoms with E-state index in [2.05, 4.69) is 34.6 Å². The molecule has 0 spiro atoms. The van der Waals surface area contributed by atoms with Crippen LogP contribution in [0.25, 0.3) is 0 Å². The van der Waals surface area contributed by atoms with Crippen LogP contribution in [0.4, 0.5) is 5.00 Å². The second-order valence-corrected chi connectivity index (χ2v) is 11.2. The molecule has 2 heterocycles. The minimum absolute atomic E-state index is 0.141. The Bertz CT molecular complexity index is 1270. The van der Waals surface area contributed by atoms with E-state index in [0.717, 1.165) is 48.4 Å². The lowest BCUT2D eigenvalue weighted by molar-refractivity contribution is -0.113. The molecule has 3 aromatic rings. The molecule has 190 valence electrons. The summed E-state index contributed by atoms with van der Waals surface area (Å²) in [5, 5.41) is 22.9. The Morgan fingerprint density at radius 2 is 2.03 bits per heavy atom. The highest BCUT2D eigenvalue weighted by Gasteiger charge is 2.22. The molecule has 36 heavy (non-hydrogen) atoms. The topological polar surface area (TPSA) is 92.8 Å². The monoisotopic (exact) mass is 523 g/mol. The van der Waals surface area contributed by atoms with Gasteiger partial charge in [0.1, 0.15) is 16.8 Å². The molecule has 1 aliphatic rings. The minimum atomic E-state index is -0.287. The zero-order valence-electron chi connectivity index (χ0n) is 21.4. The zero-order chi connectivity index (χ0) is 25.7. The van der Waals surface area contributed by atoms with Crippen LogP contribution in [-0.2, 0) is 24.2 Å². The molecule has 2 aromatic heterocycles. The van der Waals surface area contributed by atoms with Crippen LogP contribution >= 0.6 is 23.1 Å². The molecule has 7 nitrogen and oxygen atoms in total. The molecule has 1 atom stereocenters. The first kappa shape index (κ1) is 26.2. The number of amides is 1. The third-order valence-corrected chi connectivity index (χ3v) is 8.83. The lowest BCUT2D eigenvalue weighted by Gasteiger charge is -2.17. The Morgan fingerprint density at radius 3 is 2.78 bits per heavy atom. The maximum absolute atomic E-state index is 12.8. The Labute approximate surface area is 221 Å². The van der Waals surface area contributed by atoms with Crippen molar-refractivity contribution in [1.29, 1.82) is 5.26 Å². The Hall–Kier alpha value is -2.83. The molecule has 1 aromatic carbocycles. The molecule has 0 saturated heterocycles. The van der Waals surface area contributed by atoms with Gasteiger partial charge in [0.05, 0.1) is 11.3 Å². The van der Waals surface area contributed by atoms with Gasteiger partial charge in [0.25, 0.3) is 0 Å². The molecule has 0 saturated carbocycles. The van der Waals surface area contributed by atoms with Crippen LogP contribution in [0.3, 0.4) is 0 Å². The van der Waals surface area contributed by atoms with Crippen molar-refractivity contribution >= 4 is 34.0 Å². The summed E-state index contributed by atoms with van der Waals surface area (Å²) in [6, 6.07) is 8.36. The molecule has 0 bridgehead atoms. The van der Waals surface area contributed by atoms with Crippen molar-refractivity contribution in [1.82, 2.24) is 14.8 Å². The average molecular weight is 524 g/mol. The molecule has 1 aliphatic carbocycles. The molecule has 1 N–H and O–H groups in total. The van der Waals surface area contributed by atoms with E-state index >= 15 is 0 Å². The van der Waals surface area contributed by atoms with Gasteiger partial charge in [0, 0.05) is 11.4 Å². The van der Waals surface area contributed by atoms with Gasteiger partial charge >= 0.3 is 0 Å². The molecule has 1 unspecified atom stereocenters. The van der Waals surface area contributed by atoms with Gasteiger partial charge in [-0.05, 0) is 76.1 Å². The summed E-state index contributed by atoms with van der Waals surface area (Å²) in [7, 11) is 0. The Morgan fingerprint density at radius 1 is 1.25 bits per heavy atom. The standard InChI is InChI=1S/C27H33N5O2S2/c1-5-32-25(19(4)34-22-13-10-11-17(2)18(22)3)30-31-27(32)35-16-24(33)29-26-21(15-28)20-12-8-6-7-9-14-23(20)36-26/h10-11,13,19H,5-9,12,14,16H2,1-4H3,(H,29,33). The lowest BCUT2D eigenvalue weighted by atomic mass is 9.97. The number of aromatic nitrogens is 3. The summed E-state index contributed by atoms with van der Waals surface area (Å²) in [6.45, 7) is 8.78. The highest BCUT2D eigenvalue weighted by atomic mass is 32.2. The number of aryl methyl sites for hydroxylation is 2. The second-order valence-electron chi connectivity index (χ2n) is 9.11. The maximum atomic E-state index is 12.8. The van der Waals surface area contributed by atoms with E-state index in [1.54, 1.807) is 11.3 Å². The summed E-state index contributed by atoms with van der Waals surface area (Å²) in [5.41, 5.74) is 4.07. The molecule has 0 aliphatic heterocycles. The average Bonchev–Trinajstić information content (AvgIpc) is 3.40. The van der Waals surface area contributed by atoms with Gasteiger partial charge in [-0.15, -0.1) is 21.5 Å². The van der Waals surface area contributed by atoms with Gasteiger partial charge < -0.3 is 14.6 Å². The predicted octanol–water partition coefficient (Wildman–Crippen LogP) is 6.38. The van der Waals surface area contributed by atoms with E-state index in [0.29, 0.717) is 22.3 Å². The number of hydrogen-bond acceptors (Lipinski definition) is 7. The van der Waals surface area contributed by atoms with E-state index in [1.807, 2.05) is 37.5 Å². The number of benzene rings is 1. The fourth-order valence-corrected chi connectivity index (χ4v) is 6.58. The number of anilines is 1. The van der Waals surface area contributed by atoms with E-state index in [4.69, 9.17) is 4.74 Å². The van der Waals surface area contributed by atoms with Crippen molar-refractivity contribution in [3.8, 4) is 11.8 Å². The fraction of sp³-hybridized carbons (Fsp3) is 0.481. The highest BCUT2D eigenvalue weighted by Crippen LogP contribution is 2.37. The number of nitrogens with zero attached hydrogens (tertiary/aromatic N) is 4. The van der Waals surface area contributed by atoms with Crippen LogP contribution < -0.4 is 10.1 Å². The SMILES string of the molecule is CCn1c(SCC(=O)Nc2sc3c(c2C#N)CCCCCC3)nnc1C(C)Oc1cccc(C)c1C. The first-order valence-electron chi connectivity index (χ1n) is 12.6. The molecule has 1 amide bonds. The lowest BCUT2D eigenvalue weighted by Crippen LogP contribution is -2.15. The van der Waals surface area contributed by atoms with E-state index < -0.39 is 0 Å². The third-order valence-electron chi connectivity index (χ3n) is 6.65. The summed E-state index contributed by atoms with van der Waals surface area (Å²) >= 11 is 2.91. The van der Waals surface area contributed by atoms with Crippen LogP contribution in [0.15, 0.2) is 23.4 Å². The van der Waals surface area contributed by atoms with Crippen molar-refractivity contribution in [2.24, 2.45) is 0 Å². The van der Waals surface area contributed by atoms with Gasteiger partial charge in [0.2, 0.25) is 5.91 Å². The van der Waals surface area contributed by atoms with Crippen LogP contribution in [0, 0.1) is 25.2 Å². The predicted molar refractivity (Wildman–Crippen MR) is 145 cm³/mol. The Kier molecular flexibility index (Phi) is 8.70. The number of thioether (sulfide) groups is 1. The third kappa shape index (κ3) is 5.76. The molecule has 0 radical (unpaired) electrons. The number of carbonyl (C=O) groups excluding carboxylic acids is 1. The molecule has 9 heteroatoms. The fourth-order valence-electron chi connectivity index (χ4n) is 4.52. The van der Waals surface area contributed by atoms with Crippen LogP contribution in [0.1, 0.15) is 78.6 Å². The van der Waals surface area contributed by atoms with Crippen LogP contribution in [0.5, 0.6) is 5.75 Å². The number of nitrogens with one attached hydrogen (secondary N) is 1. The zero-order valence-corrected chi connectivity index (χ0v) is 23.0. The summed E-state index contributed by atoms with van der Waals surface area (Å²) < 4.78 is 8.21. The summed E-state index contributed by atoms with van der Waals surface area (Å²) in [4.78, 5) is 14.1. The van der Waals surface area contributed by atoms with Gasteiger partial charge in [0.15, 0.2) is 17.1 Å². The van der Waals surface area contributed by atoms with Crippen LogP contribution in [0.2, 0.25) is 0 Å². The number of hydrogen-bond donors (Lipinski definition) is 1. The van der Waals surface area contributed by atoms with Gasteiger partial charge in [-0.25, -0.2) is 0 Å². The number of fused-ring (bicyclic) bond motifs is 1. The van der Waals surface area contributed by atoms with Crippen molar-refractivity contribution in [2.45, 2.75) is 84.0 Å². The number of nitriles is 1. The number of ether oxygens (including phenoxy) is 1. The van der Waals surface area contributed by atoms with Crippen LogP contribution in [-0.4, -0.2) is 26.4 Å². The minimum Gasteiger partial charge on any atom is -0.482 e. The van der Waals surface area contributed by atoms with Gasteiger partial charge in [-0.3, -0.25) is 4.79 Å². The molecular weight excluding hydrogens is 490 g/mol. The second kappa shape index (κ2) is 11.9. The molecular formula is C27H33N5O2S2. The van der Waals surface area contributed by atoms with Crippen molar-refractivity contribution in [3.63, 3.8) is 0 Å². The number of thiophene rings is 1. The maximum Gasteiger partial charge on any atom is 0.235 e. The smallest absolute Gasteiger partial charge is 0.235 e. The largest absolute Gasteiger partial charge is 0.482 e. The first-order chi connectivity index (χ1) is 17.4. The van der Waals surface area contributed by atoms with Gasteiger partial charge in [-0.2, -0.15) is 5.26 Å². The van der Waals surface area contributed by atoms with E-state index in [9.17, 15) is 10.1 Å². The summed E-state index contributed by atoms with van der Waals surface area (Å²) in [5.74, 6) is 1.61. The molecule has 4 rings (SSSR count). The first-order valence-corrected chi connectivity index (χ1v) is 14.4. The molecule has 0 fully saturated rings. The normalized spacial score (nSPS) is 14.3. The highest BCUT2D eigenvalue weighted by molar-refractivity contribution is 7.99. The van der Waals surface area contributed by atoms with E-state index in [-0.39, 0.29) is 17.8 Å². The Balaban J connectivity index is 1.42. The van der Waals surface area contributed by atoms with Crippen molar-refractivity contribution < 1.29 is 9.53 Å². The quantitative estimate of drug-likeness (QED) is 0.345. The summed E-state index contributed by atoms with van der Waals surface area (Å²) in [6.07, 6.45) is 6.29. The van der Waals surface area contributed by atoms with Crippen molar-refractivity contribution in [2.75, 3.05) is 11.1 Å². The van der Waals surface area contributed by atoms with E-state index in [1.165, 1.54) is 35.0 Å². The number of rotatable bonds is 8. The van der Waals surface area contributed by atoms with Gasteiger partial charge in [-0.1, -0.05) is 36.7 Å². The number of carbonyl (C=O) groups is 1. The van der Waals surface area contributed by atoms with Crippen molar-refractivity contribution in [3.05, 3.63) is 51.2 Å².